The number of benzene rings is 2. The molecule has 2 rings (SSSR count). The molecule has 0 heterocycles. The monoisotopic (exact) mass is 230 g/mol. The Balaban J connectivity index is 2.12. The van der Waals surface area contributed by atoms with Crippen molar-refractivity contribution in [3.63, 3.8) is 0 Å². The van der Waals surface area contributed by atoms with E-state index in [1.807, 2.05) is 19.1 Å². The van der Waals surface area contributed by atoms with Crippen molar-refractivity contribution in [1.29, 1.82) is 0 Å². The third-order valence-corrected chi connectivity index (χ3v) is 2.91. The fourth-order valence-corrected chi connectivity index (χ4v) is 1.88. The van der Waals surface area contributed by atoms with Crippen molar-refractivity contribution >= 4 is 10.8 Å². The highest BCUT2D eigenvalue weighted by molar-refractivity contribution is 5.83. The van der Waals surface area contributed by atoms with Gasteiger partial charge < -0.3 is 9.84 Å². The second kappa shape index (κ2) is 5.80. The molecule has 1 unspecified atom stereocenters. The Hall–Kier alpha value is -1.38. The highest BCUT2D eigenvalue weighted by Gasteiger charge is 2.05. The van der Waals surface area contributed by atoms with E-state index in [1.54, 1.807) is 0 Å². The molecule has 0 aliphatic carbocycles. The van der Waals surface area contributed by atoms with Crippen LogP contribution in [0.25, 0.3) is 10.8 Å². The quantitative estimate of drug-likeness (QED) is 0.799. The summed E-state index contributed by atoms with van der Waals surface area (Å²) >= 11 is 0. The van der Waals surface area contributed by atoms with E-state index in [-0.39, 0.29) is 12.7 Å². The van der Waals surface area contributed by atoms with E-state index in [1.165, 1.54) is 16.3 Å². The molecule has 0 aliphatic heterocycles. The summed E-state index contributed by atoms with van der Waals surface area (Å²) in [6.45, 7) is 2.83. The molecule has 0 bridgehead atoms. The van der Waals surface area contributed by atoms with Crippen LogP contribution in [0.2, 0.25) is 0 Å². The summed E-state index contributed by atoms with van der Waals surface area (Å²) in [4.78, 5) is 0. The smallest absolute Gasteiger partial charge is 0.0797 e. The largest absolute Gasteiger partial charge is 0.396 e. The molecule has 17 heavy (non-hydrogen) atoms. The second-order valence-electron chi connectivity index (χ2n) is 4.20. The number of hydrogen-bond acceptors (Lipinski definition) is 2. The van der Waals surface area contributed by atoms with Gasteiger partial charge in [-0.1, -0.05) is 36.4 Å². The molecule has 0 saturated heterocycles. The molecule has 90 valence electrons. The molecule has 0 aliphatic rings. The maximum Gasteiger partial charge on any atom is 0.0797 e. The van der Waals surface area contributed by atoms with Crippen LogP contribution in [0.4, 0.5) is 0 Å². The third kappa shape index (κ3) is 3.05. The molecule has 1 atom stereocenters. The van der Waals surface area contributed by atoms with E-state index in [9.17, 15) is 0 Å². The molecule has 1 N–H and O–H groups in total. The van der Waals surface area contributed by atoms with Crippen molar-refractivity contribution < 1.29 is 9.84 Å². The molecule has 2 aromatic carbocycles. The molecule has 0 amide bonds. The highest BCUT2D eigenvalue weighted by atomic mass is 16.5. The second-order valence-corrected chi connectivity index (χ2v) is 4.20. The Morgan fingerprint density at radius 2 is 1.88 bits per heavy atom. The fraction of sp³-hybridized carbons (Fsp3) is 0.333. The molecule has 0 aromatic heterocycles. The van der Waals surface area contributed by atoms with Crippen molar-refractivity contribution in [3.8, 4) is 0 Å². The average molecular weight is 230 g/mol. The van der Waals surface area contributed by atoms with E-state index in [0.717, 1.165) is 0 Å². The lowest BCUT2D eigenvalue weighted by atomic mass is 10.0. The zero-order valence-corrected chi connectivity index (χ0v) is 10.1. The molecule has 0 saturated carbocycles. The minimum Gasteiger partial charge on any atom is -0.396 e. The Labute approximate surface area is 102 Å². The van der Waals surface area contributed by atoms with Crippen LogP contribution in [-0.4, -0.2) is 18.3 Å². The van der Waals surface area contributed by atoms with E-state index in [4.69, 9.17) is 9.84 Å². The fourth-order valence-electron chi connectivity index (χ4n) is 1.88. The van der Waals surface area contributed by atoms with Gasteiger partial charge in [-0.25, -0.2) is 0 Å². The molecule has 0 radical (unpaired) electrons. The average Bonchev–Trinajstić information content (AvgIpc) is 2.38. The number of fused-ring (bicyclic) bond motifs is 1. The van der Waals surface area contributed by atoms with Gasteiger partial charge in [0.1, 0.15) is 0 Å². The Morgan fingerprint density at radius 3 is 2.65 bits per heavy atom. The zero-order chi connectivity index (χ0) is 12.1. The summed E-state index contributed by atoms with van der Waals surface area (Å²) < 4.78 is 5.66. The summed E-state index contributed by atoms with van der Waals surface area (Å²) in [6.07, 6.45) is 0.768. The molecule has 0 spiro atoms. The first kappa shape index (κ1) is 12.1. The normalized spacial score (nSPS) is 12.8. The van der Waals surface area contributed by atoms with Crippen molar-refractivity contribution in [2.75, 3.05) is 13.2 Å². The number of hydrogen-bond donors (Lipinski definition) is 1. The molecule has 2 aromatic rings. The first-order valence-corrected chi connectivity index (χ1v) is 6.02. The van der Waals surface area contributed by atoms with Gasteiger partial charge in [-0.2, -0.15) is 0 Å². The predicted octanol–water partition coefficient (Wildman–Crippen LogP) is 3.30. The summed E-state index contributed by atoms with van der Waals surface area (Å²) in [5.41, 5.74) is 1.18. The molecular formula is C15H18O2. The van der Waals surface area contributed by atoms with Gasteiger partial charge in [-0.05, 0) is 35.7 Å². The minimum atomic E-state index is 0.0751. The summed E-state index contributed by atoms with van der Waals surface area (Å²) in [6, 6.07) is 14.7. The number of ether oxygens (including phenoxy) is 1. The van der Waals surface area contributed by atoms with E-state index >= 15 is 0 Å². The van der Waals surface area contributed by atoms with E-state index < -0.39 is 0 Å². The van der Waals surface area contributed by atoms with E-state index in [2.05, 4.69) is 30.3 Å². The Morgan fingerprint density at radius 1 is 1.12 bits per heavy atom. The number of aliphatic hydroxyl groups is 1. The minimum absolute atomic E-state index is 0.0751. The van der Waals surface area contributed by atoms with Crippen LogP contribution in [-0.2, 0) is 4.74 Å². The van der Waals surface area contributed by atoms with Gasteiger partial charge in [0.05, 0.1) is 6.10 Å². The summed E-state index contributed by atoms with van der Waals surface area (Å²) in [5.74, 6) is 0. The van der Waals surface area contributed by atoms with Gasteiger partial charge in [-0.3, -0.25) is 0 Å². The lowest BCUT2D eigenvalue weighted by Gasteiger charge is -2.13. The highest BCUT2D eigenvalue weighted by Crippen LogP contribution is 2.22. The van der Waals surface area contributed by atoms with Crippen LogP contribution in [0, 0.1) is 0 Å². The van der Waals surface area contributed by atoms with Gasteiger partial charge in [0.2, 0.25) is 0 Å². The molecule has 2 nitrogen and oxygen atoms in total. The maximum atomic E-state index is 8.71. The lowest BCUT2D eigenvalue weighted by Crippen LogP contribution is -2.03. The first-order valence-electron chi connectivity index (χ1n) is 6.02. The standard InChI is InChI=1S/C15H18O2/c1-12(17-10-4-9-16)14-8-7-13-5-2-3-6-15(13)11-14/h2-3,5-8,11-12,16H,4,9-10H2,1H3. The van der Waals surface area contributed by atoms with Crippen molar-refractivity contribution in [2.45, 2.75) is 19.4 Å². The predicted molar refractivity (Wildman–Crippen MR) is 70.0 cm³/mol. The van der Waals surface area contributed by atoms with Crippen LogP contribution in [0.1, 0.15) is 25.0 Å². The third-order valence-electron chi connectivity index (χ3n) is 2.91. The maximum absolute atomic E-state index is 8.71. The van der Waals surface area contributed by atoms with Crippen molar-refractivity contribution in [1.82, 2.24) is 0 Å². The van der Waals surface area contributed by atoms with Crippen LogP contribution in [0.3, 0.4) is 0 Å². The molecule has 0 fully saturated rings. The Kier molecular flexibility index (Phi) is 4.13. The zero-order valence-electron chi connectivity index (χ0n) is 10.1. The summed E-state index contributed by atoms with van der Waals surface area (Å²) in [5, 5.41) is 11.2. The van der Waals surface area contributed by atoms with Gasteiger partial charge >= 0.3 is 0 Å². The van der Waals surface area contributed by atoms with Crippen LogP contribution in [0.5, 0.6) is 0 Å². The Bertz CT molecular complexity index is 479. The van der Waals surface area contributed by atoms with Crippen molar-refractivity contribution in [3.05, 3.63) is 48.0 Å². The van der Waals surface area contributed by atoms with Crippen LogP contribution in [0.15, 0.2) is 42.5 Å². The number of rotatable bonds is 5. The molecule has 2 heteroatoms. The topological polar surface area (TPSA) is 29.5 Å². The van der Waals surface area contributed by atoms with Crippen molar-refractivity contribution in [2.24, 2.45) is 0 Å². The van der Waals surface area contributed by atoms with Gasteiger partial charge in [0.15, 0.2) is 0 Å². The number of aliphatic hydroxyl groups excluding tert-OH is 1. The first-order chi connectivity index (χ1) is 8.31. The van der Waals surface area contributed by atoms with Crippen LogP contribution < -0.4 is 0 Å². The van der Waals surface area contributed by atoms with Gasteiger partial charge in [-0.15, -0.1) is 0 Å². The summed E-state index contributed by atoms with van der Waals surface area (Å²) in [7, 11) is 0. The van der Waals surface area contributed by atoms with Gasteiger partial charge in [0, 0.05) is 13.2 Å². The lowest BCUT2D eigenvalue weighted by molar-refractivity contribution is 0.0554. The molecular weight excluding hydrogens is 212 g/mol. The van der Waals surface area contributed by atoms with E-state index in [0.29, 0.717) is 13.0 Å². The van der Waals surface area contributed by atoms with Crippen LogP contribution >= 0.6 is 0 Å². The van der Waals surface area contributed by atoms with Gasteiger partial charge in [0.25, 0.3) is 0 Å². The SMILES string of the molecule is CC(OCCCO)c1ccc2ccccc2c1.